The second-order valence-corrected chi connectivity index (χ2v) is 3.53. The fourth-order valence-electron chi connectivity index (χ4n) is 1.11. The van der Waals surface area contributed by atoms with Crippen molar-refractivity contribution in [1.82, 2.24) is 0 Å². The highest BCUT2D eigenvalue weighted by molar-refractivity contribution is 6.03. The van der Waals surface area contributed by atoms with E-state index in [9.17, 15) is 18.0 Å². The van der Waals surface area contributed by atoms with Crippen LogP contribution in [0.5, 0.6) is 0 Å². The smallest absolute Gasteiger partial charge is 0.416 e. The van der Waals surface area contributed by atoms with Gasteiger partial charge in [0.15, 0.2) is 0 Å². The number of benzene rings is 1. The lowest BCUT2D eigenvalue weighted by molar-refractivity contribution is -0.137. The second-order valence-electron chi connectivity index (χ2n) is 3.53. The Hall–Kier alpha value is -2.18. The van der Waals surface area contributed by atoms with Gasteiger partial charge in [-0.05, 0) is 31.2 Å². The van der Waals surface area contributed by atoms with Crippen LogP contribution in [0.25, 0.3) is 0 Å². The Kier molecular flexibility index (Phi) is 3.85. The third-order valence-corrected chi connectivity index (χ3v) is 2.10. The van der Waals surface area contributed by atoms with Gasteiger partial charge in [-0.15, -0.1) is 0 Å². The summed E-state index contributed by atoms with van der Waals surface area (Å²) in [5, 5.41) is 11.2. The minimum Gasteiger partial charge on any atom is -0.510 e. The van der Waals surface area contributed by atoms with Crippen molar-refractivity contribution >= 4 is 11.6 Å². The molecule has 0 saturated carbocycles. The van der Waals surface area contributed by atoms with Crippen molar-refractivity contribution in [2.75, 3.05) is 5.32 Å². The van der Waals surface area contributed by atoms with Crippen LogP contribution in [0.4, 0.5) is 18.9 Å². The standard InChI is InChI=1S/C11H11F3N2O2/c1-6(17)9(15)10(18)16-8-4-2-7(3-5-8)11(12,13)14/h2-5,17H,15H2,1H3,(H,16,18)/b9-6-. The maximum atomic E-state index is 12.3. The Morgan fingerprint density at radius 1 is 1.28 bits per heavy atom. The number of nitrogens with two attached hydrogens (primary N) is 1. The molecule has 0 atom stereocenters. The molecule has 4 nitrogen and oxygen atoms in total. The summed E-state index contributed by atoms with van der Waals surface area (Å²) in [7, 11) is 0. The molecule has 0 fully saturated rings. The van der Waals surface area contributed by atoms with Crippen LogP contribution in [-0.2, 0) is 11.0 Å². The third kappa shape index (κ3) is 3.41. The first kappa shape index (κ1) is 13.9. The summed E-state index contributed by atoms with van der Waals surface area (Å²) in [6.45, 7) is 1.22. The molecule has 0 aliphatic carbocycles. The number of aliphatic hydroxyl groups excluding tert-OH is 1. The van der Waals surface area contributed by atoms with Gasteiger partial charge in [0.1, 0.15) is 11.5 Å². The van der Waals surface area contributed by atoms with Crippen LogP contribution in [0.1, 0.15) is 12.5 Å². The van der Waals surface area contributed by atoms with Gasteiger partial charge in [0, 0.05) is 5.69 Å². The quantitative estimate of drug-likeness (QED) is 0.564. The van der Waals surface area contributed by atoms with Gasteiger partial charge in [-0.25, -0.2) is 0 Å². The van der Waals surface area contributed by atoms with Gasteiger partial charge in [-0.3, -0.25) is 4.79 Å². The second kappa shape index (κ2) is 4.99. The van der Waals surface area contributed by atoms with Gasteiger partial charge >= 0.3 is 6.18 Å². The summed E-state index contributed by atoms with van der Waals surface area (Å²) in [4.78, 5) is 11.4. The molecule has 0 spiro atoms. The van der Waals surface area contributed by atoms with E-state index in [4.69, 9.17) is 10.8 Å². The van der Waals surface area contributed by atoms with Gasteiger partial charge in [0.2, 0.25) is 0 Å². The van der Waals surface area contributed by atoms with Crippen LogP contribution in [-0.4, -0.2) is 11.0 Å². The summed E-state index contributed by atoms with van der Waals surface area (Å²) >= 11 is 0. The minimum atomic E-state index is -4.43. The molecule has 0 saturated heterocycles. The minimum absolute atomic E-state index is 0.150. The number of rotatable bonds is 2. The number of anilines is 1. The van der Waals surface area contributed by atoms with Crippen molar-refractivity contribution in [3.05, 3.63) is 41.3 Å². The molecule has 0 aromatic heterocycles. The first-order valence-corrected chi connectivity index (χ1v) is 4.85. The van der Waals surface area contributed by atoms with E-state index in [-0.39, 0.29) is 11.4 Å². The number of halogens is 3. The van der Waals surface area contributed by atoms with Crippen LogP contribution in [0, 0.1) is 0 Å². The summed E-state index contributed by atoms with van der Waals surface area (Å²) in [6.07, 6.45) is -4.43. The molecule has 1 aromatic carbocycles. The van der Waals surface area contributed by atoms with E-state index in [0.717, 1.165) is 24.3 Å². The van der Waals surface area contributed by atoms with E-state index < -0.39 is 23.3 Å². The normalized spacial score (nSPS) is 12.9. The molecule has 7 heteroatoms. The maximum Gasteiger partial charge on any atom is 0.416 e. The monoisotopic (exact) mass is 260 g/mol. The molecule has 0 unspecified atom stereocenters. The average molecular weight is 260 g/mol. The lowest BCUT2D eigenvalue weighted by Gasteiger charge is -2.09. The van der Waals surface area contributed by atoms with Crippen molar-refractivity contribution in [2.45, 2.75) is 13.1 Å². The number of nitrogens with one attached hydrogen (secondary N) is 1. The van der Waals surface area contributed by atoms with E-state index in [1.54, 1.807) is 0 Å². The van der Waals surface area contributed by atoms with Gasteiger partial charge in [-0.1, -0.05) is 0 Å². The number of amides is 1. The first-order chi connectivity index (χ1) is 8.21. The largest absolute Gasteiger partial charge is 0.510 e. The van der Waals surface area contributed by atoms with Crippen LogP contribution < -0.4 is 11.1 Å². The molecule has 98 valence electrons. The van der Waals surface area contributed by atoms with E-state index in [1.165, 1.54) is 6.92 Å². The van der Waals surface area contributed by atoms with Crippen molar-refractivity contribution in [2.24, 2.45) is 5.73 Å². The zero-order valence-corrected chi connectivity index (χ0v) is 9.38. The first-order valence-electron chi connectivity index (χ1n) is 4.85. The topological polar surface area (TPSA) is 75.3 Å². The highest BCUT2D eigenvalue weighted by Gasteiger charge is 2.29. The predicted molar refractivity (Wildman–Crippen MR) is 59.6 cm³/mol. The Balaban J connectivity index is 2.83. The molecule has 1 amide bonds. The number of alkyl halides is 3. The summed E-state index contributed by atoms with van der Waals surface area (Å²) in [5.41, 5.74) is 4.18. The number of allylic oxidation sites excluding steroid dienone is 1. The molecule has 1 rings (SSSR count). The van der Waals surface area contributed by atoms with Crippen LogP contribution >= 0.6 is 0 Å². The average Bonchev–Trinajstić information content (AvgIpc) is 2.27. The molecule has 0 aliphatic rings. The molecule has 0 aliphatic heterocycles. The molecular formula is C11H11F3N2O2. The highest BCUT2D eigenvalue weighted by Crippen LogP contribution is 2.29. The highest BCUT2D eigenvalue weighted by atomic mass is 19.4. The molecule has 1 aromatic rings. The number of carbonyl (C=O) groups excluding carboxylic acids is 1. The molecule has 4 N–H and O–H groups in total. The number of hydrogen-bond donors (Lipinski definition) is 3. The fourth-order valence-corrected chi connectivity index (χ4v) is 1.11. The van der Waals surface area contributed by atoms with Gasteiger partial charge in [0.25, 0.3) is 5.91 Å². The Labute approximate surface area is 101 Å². The molecule has 0 heterocycles. The number of aliphatic hydroxyl groups is 1. The van der Waals surface area contributed by atoms with E-state index in [2.05, 4.69) is 5.32 Å². The summed E-state index contributed by atoms with van der Waals surface area (Å²) in [6, 6.07) is 3.87. The Bertz CT molecular complexity index is 474. The maximum absolute atomic E-state index is 12.3. The number of carbonyl (C=O) groups is 1. The predicted octanol–water partition coefficient (Wildman–Crippen LogP) is 2.39. The van der Waals surface area contributed by atoms with Crippen molar-refractivity contribution in [3.8, 4) is 0 Å². The van der Waals surface area contributed by atoms with Crippen molar-refractivity contribution < 1.29 is 23.1 Å². The van der Waals surface area contributed by atoms with Gasteiger partial charge in [-0.2, -0.15) is 13.2 Å². The van der Waals surface area contributed by atoms with Crippen LogP contribution in [0.2, 0.25) is 0 Å². The number of hydrogen-bond acceptors (Lipinski definition) is 3. The van der Waals surface area contributed by atoms with E-state index in [1.807, 2.05) is 0 Å². The van der Waals surface area contributed by atoms with Crippen LogP contribution in [0.15, 0.2) is 35.7 Å². The van der Waals surface area contributed by atoms with Gasteiger partial charge in [0.05, 0.1) is 5.56 Å². The van der Waals surface area contributed by atoms with E-state index >= 15 is 0 Å². The third-order valence-electron chi connectivity index (χ3n) is 2.10. The van der Waals surface area contributed by atoms with Crippen molar-refractivity contribution in [3.63, 3.8) is 0 Å². The Morgan fingerprint density at radius 3 is 2.17 bits per heavy atom. The zero-order valence-electron chi connectivity index (χ0n) is 9.38. The summed E-state index contributed by atoms with van der Waals surface area (Å²) in [5.74, 6) is -1.14. The Morgan fingerprint density at radius 2 is 1.78 bits per heavy atom. The van der Waals surface area contributed by atoms with Gasteiger partial charge < -0.3 is 16.2 Å². The van der Waals surface area contributed by atoms with Crippen LogP contribution in [0.3, 0.4) is 0 Å². The molecule has 0 bridgehead atoms. The van der Waals surface area contributed by atoms with Crippen molar-refractivity contribution in [1.29, 1.82) is 0 Å². The summed E-state index contributed by atoms with van der Waals surface area (Å²) < 4.78 is 36.8. The lowest BCUT2D eigenvalue weighted by Crippen LogP contribution is -2.21. The zero-order chi connectivity index (χ0) is 13.9. The molecular weight excluding hydrogens is 249 g/mol. The molecule has 0 radical (unpaired) electrons. The van der Waals surface area contributed by atoms with E-state index in [0.29, 0.717) is 0 Å². The lowest BCUT2D eigenvalue weighted by atomic mass is 10.2. The fraction of sp³-hybridized carbons (Fsp3) is 0.182. The SMILES string of the molecule is C/C(O)=C(/N)C(=O)Nc1ccc(C(F)(F)F)cc1. The molecule has 18 heavy (non-hydrogen) atoms.